The molecule has 0 aliphatic carbocycles. The molecule has 0 aromatic heterocycles. The van der Waals surface area contributed by atoms with Gasteiger partial charge in [-0.15, -0.1) is 0 Å². The van der Waals surface area contributed by atoms with Crippen LogP contribution in [0.2, 0.25) is 0 Å². The van der Waals surface area contributed by atoms with Gasteiger partial charge in [-0.2, -0.15) is 0 Å². The fraction of sp³-hybridized carbons (Fsp3) is 0.714. The van der Waals surface area contributed by atoms with Crippen LogP contribution in [0.4, 0.5) is 0 Å². The number of nitrogens with one attached hydrogen (secondary N) is 1. The van der Waals surface area contributed by atoms with Gasteiger partial charge in [0.05, 0.1) is 6.04 Å². The molecule has 0 spiro atoms. The van der Waals surface area contributed by atoms with Gasteiger partial charge in [0.1, 0.15) is 12.1 Å². The molecule has 3 unspecified atom stereocenters. The molecule has 1 amide bonds. The van der Waals surface area contributed by atoms with Crippen LogP contribution in [0.5, 0.6) is 0 Å². The lowest BCUT2D eigenvalue weighted by molar-refractivity contribution is -0.152. The first-order valence-corrected chi connectivity index (χ1v) is 4.08. The van der Waals surface area contributed by atoms with Crippen molar-refractivity contribution in [2.24, 2.45) is 5.11 Å². The molecule has 7 nitrogen and oxygen atoms in total. The molecule has 3 atom stereocenters. The molecule has 0 aromatic rings. The number of nitrogens with zero attached hydrogens (tertiary/aromatic N) is 3. The first kappa shape index (κ1) is 10.3. The molecule has 1 fully saturated rings. The van der Waals surface area contributed by atoms with Crippen LogP contribution in [0.3, 0.4) is 0 Å². The van der Waals surface area contributed by atoms with E-state index >= 15 is 0 Å². The lowest BCUT2D eigenvalue weighted by atomic mass is 9.95. The topological polar surface area (TPSA) is 104 Å². The van der Waals surface area contributed by atoms with E-state index in [1.54, 1.807) is 6.92 Å². The Labute approximate surface area is 80.0 Å². The summed E-state index contributed by atoms with van der Waals surface area (Å²) >= 11 is 0. The van der Waals surface area contributed by atoms with E-state index in [1.807, 2.05) is 0 Å². The van der Waals surface area contributed by atoms with Crippen molar-refractivity contribution >= 4 is 11.9 Å². The van der Waals surface area contributed by atoms with Gasteiger partial charge in [-0.1, -0.05) is 5.11 Å². The van der Waals surface area contributed by atoms with E-state index in [1.165, 1.54) is 6.92 Å². The number of ether oxygens (including phenoxy) is 1. The van der Waals surface area contributed by atoms with Crippen LogP contribution in [0.25, 0.3) is 10.4 Å². The monoisotopic (exact) mass is 198 g/mol. The highest BCUT2D eigenvalue weighted by atomic mass is 16.5. The van der Waals surface area contributed by atoms with Gasteiger partial charge in [0.25, 0.3) is 0 Å². The normalized spacial score (nSPS) is 26.6. The highest BCUT2D eigenvalue weighted by molar-refractivity contribution is 5.89. The van der Waals surface area contributed by atoms with Gasteiger partial charge in [-0.3, -0.25) is 9.59 Å². The SMILES string of the molecule is CC(=O)OC(C)C1NC(=O)C1N=[N+]=[N-]. The van der Waals surface area contributed by atoms with Gasteiger partial charge in [0, 0.05) is 11.8 Å². The summed E-state index contributed by atoms with van der Waals surface area (Å²) in [4.78, 5) is 24.1. The first-order chi connectivity index (χ1) is 6.56. The van der Waals surface area contributed by atoms with Crippen LogP contribution in [0, 0.1) is 0 Å². The van der Waals surface area contributed by atoms with Crippen molar-refractivity contribution in [2.45, 2.75) is 32.0 Å². The van der Waals surface area contributed by atoms with E-state index < -0.39 is 24.2 Å². The fourth-order valence-electron chi connectivity index (χ4n) is 1.28. The zero-order valence-corrected chi connectivity index (χ0v) is 7.80. The van der Waals surface area contributed by atoms with Gasteiger partial charge in [0.15, 0.2) is 0 Å². The Morgan fingerprint density at radius 1 is 1.79 bits per heavy atom. The highest BCUT2D eigenvalue weighted by Crippen LogP contribution is 2.16. The smallest absolute Gasteiger partial charge is 0.302 e. The van der Waals surface area contributed by atoms with E-state index in [9.17, 15) is 9.59 Å². The number of carbonyl (C=O) groups is 2. The molecule has 0 bridgehead atoms. The summed E-state index contributed by atoms with van der Waals surface area (Å²) in [6, 6.07) is -1.18. The van der Waals surface area contributed by atoms with Crippen LogP contribution in [-0.4, -0.2) is 30.1 Å². The van der Waals surface area contributed by atoms with E-state index in [0.29, 0.717) is 0 Å². The summed E-state index contributed by atoms with van der Waals surface area (Å²) in [5.41, 5.74) is 8.17. The summed E-state index contributed by atoms with van der Waals surface area (Å²) < 4.78 is 4.84. The Balaban J connectivity index is 2.57. The van der Waals surface area contributed by atoms with Gasteiger partial charge in [0.2, 0.25) is 5.91 Å². The van der Waals surface area contributed by atoms with Crippen LogP contribution in [0.1, 0.15) is 13.8 Å². The maximum atomic E-state index is 10.9. The van der Waals surface area contributed by atoms with Crippen molar-refractivity contribution in [2.75, 3.05) is 0 Å². The number of hydrogen-bond acceptors (Lipinski definition) is 4. The third kappa shape index (κ3) is 1.94. The lowest BCUT2D eigenvalue weighted by Gasteiger charge is -2.36. The van der Waals surface area contributed by atoms with Crippen LogP contribution in [-0.2, 0) is 14.3 Å². The summed E-state index contributed by atoms with van der Waals surface area (Å²) in [6.45, 7) is 2.91. The Hall–Kier alpha value is -1.75. The summed E-state index contributed by atoms with van der Waals surface area (Å²) in [6.07, 6.45) is -0.485. The van der Waals surface area contributed by atoms with E-state index in [4.69, 9.17) is 10.3 Å². The number of carbonyl (C=O) groups excluding carboxylic acids is 2. The number of amides is 1. The number of azide groups is 1. The molecule has 1 aliphatic heterocycles. The second kappa shape index (κ2) is 3.97. The molecule has 1 heterocycles. The maximum Gasteiger partial charge on any atom is 0.302 e. The standard InChI is InChI=1S/C7H10N4O3/c1-3(14-4(2)12)5-6(10-11-8)7(13)9-5/h3,5-6H,1-2H3,(H,9,13). The molecule has 1 saturated heterocycles. The molecular weight excluding hydrogens is 188 g/mol. The predicted octanol–water partition coefficient (Wildman–Crippen LogP) is 0.115. The second-order valence-electron chi connectivity index (χ2n) is 3.00. The van der Waals surface area contributed by atoms with Crippen molar-refractivity contribution in [3.05, 3.63) is 10.4 Å². The molecule has 1 aliphatic rings. The minimum Gasteiger partial charge on any atom is -0.461 e. The summed E-state index contributed by atoms with van der Waals surface area (Å²) in [5, 5.41) is 5.80. The van der Waals surface area contributed by atoms with Gasteiger partial charge < -0.3 is 10.1 Å². The molecule has 7 heteroatoms. The zero-order valence-electron chi connectivity index (χ0n) is 7.80. The third-order valence-electron chi connectivity index (χ3n) is 1.95. The predicted molar refractivity (Wildman–Crippen MR) is 46.1 cm³/mol. The van der Waals surface area contributed by atoms with Crippen molar-refractivity contribution in [3.8, 4) is 0 Å². The largest absolute Gasteiger partial charge is 0.461 e. The first-order valence-electron chi connectivity index (χ1n) is 4.08. The minimum absolute atomic E-state index is 0.341. The van der Waals surface area contributed by atoms with Crippen molar-refractivity contribution in [3.63, 3.8) is 0 Å². The quantitative estimate of drug-likeness (QED) is 0.229. The average Bonchev–Trinajstić information content (AvgIpc) is 2.08. The van der Waals surface area contributed by atoms with Crippen molar-refractivity contribution < 1.29 is 14.3 Å². The number of rotatable bonds is 3. The van der Waals surface area contributed by atoms with E-state index in [2.05, 4.69) is 15.3 Å². The molecule has 76 valence electrons. The molecule has 0 radical (unpaired) electrons. The van der Waals surface area contributed by atoms with Gasteiger partial charge in [-0.05, 0) is 12.5 Å². The van der Waals surface area contributed by atoms with E-state index in [-0.39, 0.29) is 5.91 Å². The molecule has 1 rings (SSSR count). The number of esters is 1. The number of hydrogen-bond donors (Lipinski definition) is 1. The molecular formula is C7H10N4O3. The minimum atomic E-state index is -0.769. The Kier molecular flexibility index (Phi) is 2.93. The van der Waals surface area contributed by atoms with Crippen molar-refractivity contribution in [1.29, 1.82) is 0 Å². The molecule has 0 saturated carbocycles. The third-order valence-corrected chi connectivity index (χ3v) is 1.95. The lowest BCUT2D eigenvalue weighted by Crippen LogP contribution is -2.66. The second-order valence-corrected chi connectivity index (χ2v) is 3.00. The van der Waals surface area contributed by atoms with Crippen LogP contribution in [0.15, 0.2) is 5.11 Å². The summed E-state index contributed by atoms with van der Waals surface area (Å²) in [7, 11) is 0. The van der Waals surface area contributed by atoms with Crippen LogP contribution < -0.4 is 5.32 Å². The van der Waals surface area contributed by atoms with Gasteiger partial charge in [-0.25, -0.2) is 0 Å². The highest BCUT2D eigenvalue weighted by Gasteiger charge is 2.43. The maximum absolute atomic E-state index is 10.9. The fourth-order valence-corrected chi connectivity index (χ4v) is 1.28. The molecule has 14 heavy (non-hydrogen) atoms. The number of β-lactam (4-membered cyclic amide) rings is 1. The van der Waals surface area contributed by atoms with Crippen LogP contribution >= 0.6 is 0 Å². The average molecular weight is 198 g/mol. The van der Waals surface area contributed by atoms with Crippen molar-refractivity contribution in [1.82, 2.24) is 5.32 Å². The Morgan fingerprint density at radius 2 is 2.43 bits per heavy atom. The Bertz CT molecular complexity index is 308. The molecule has 1 N–H and O–H groups in total. The molecule has 0 aromatic carbocycles. The Morgan fingerprint density at radius 3 is 2.86 bits per heavy atom. The van der Waals surface area contributed by atoms with E-state index in [0.717, 1.165) is 0 Å². The van der Waals surface area contributed by atoms with Gasteiger partial charge >= 0.3 is 5.97 Å². The zero-order chi connectivity index (χ0) is 10.7. The summed E-state index contributed by atoms with van der Waals surface area (Å²) in [5.74, 6) is -0.773.